The van der Waals surface area contributed by atoms with E-state index in [-0.39, 0.29) is 11.9 Å². The maximum atomic E-state index is 12.9. The zero-order valence-electron chi connectivity index (χ0n) is 16.3. The maximum Gasteiger partial charge on any atom is 0.272 e. The molecule has 0 atom stereocenters. The number of rotatable bonds is 4. The van der Waals surface area contributed by atoms with E-state index < -0.39 is 0 Å². The quantitative estimate of drug-likeness (QED) is 0.867. The third-order valence-corrected chi connectivity index (χ3v) is 5.44. The number of anilines is 1. The van der Waals surface area contributed by atoms with Gasteiger partial charge in [-0.15, -0.1) is 0 Å². The van der Waals surface area contributed by atoms with Crippen molar-refractivity contribution in [1.29, 1.82) is 0 Å². The van der Waals surface area contributed by atoms with Gasteiger partial charge in [-0.05, 0) is 51.4 Å². The van der Waals surface area contributed by atoms with E-state index in [4.69, 9.17) is 5.73 Å². The summed E-state index contributed by atoms with van der Waals surface area (Å²) in [4.78, 5) is 28.2. The van der Waals surface area contributed by atoms with Crippen LogP contribution in [0.25, 0.3) is 0 Å². The summed E-state index contributed by atoms with van der Waals surface area (Å²) in [5, 5.41) is 0. The van der Waals surface area contributed by atoms with Crippen molar-refractivity contribution >= 4 is 11.9 Å². The number of likely N-dealkylation sites (tertiary alicyclic amines) is 1. The summed E-state index contributed by atoms with van der Waals surface area (Å²) in [7, 11) is 2.19. The molecule has 0 spiro atoms. The molecular weight excluding hydrogens is 328 g/mol. The van der Waals surface area contributed by atoms with Gasteiger partial charge < -0.3 is 15.5 Å². The van der Waals surface area contributed by atoms with Crippen molar-refractivity contribution in [2.45, 2.75) is 39.2 Å². The number of piperidine rings is 1. The highest BCUT2D eigenvalue weighted by molar-refractivity contribution is 5.92. The molecule has 2 saturated heterocycles. The van der Waals surface area contributed by atoms with Gasteiger partial charge in [0.25, 0.3) is 5.91 Å². The fraction of sp³-hybridized carbons (Fsp3) is 0.737. The Kier molecular flexibility index (Phi) is 6.09. The molecule has 2 N–H and O–H groups in total. The average Bonchev–Trinajstić information content (AvgIpc) is 2.61. The molecule has 3 rings (SSSR count). The Morgan fingerprint density at radius 2 is 1.81 bits per heavy atom. The Morgan fingerprint density at radius 3 is 2.42 bits per heavy atom. The fourth-order valence-corrected chi connectivity index (χ4v) is 3.96. The summed E-state index contributed by atoms with van der Waals surface area (Å²) in [6.45, 7) is 10.00. The predicted molar refractivity (Wildman–Crippen MR) is 103 cm³/mol. The first-order chi connectivity index (χ1) is 12.4. The Morgan fingerprint density at radius 1 is 1.15 bits per heavy atom. The summed E-state index contributed by atoms with van der Waals surface area (Å²) in [6, 6.07) is 2.47. The van der Waals surface area contributed by atoms with Gasteiger partial charge in [0.15, 0.2) is 0 Å². The standard InChI is InChI=1S/C19H32N6O/c1-14(2)12-15-13-17(22-19(20)21-15)18(26)25-10-8-24(9-11-25)16-4-6-23(3)7-5-16/h13-14,16H,4-12H2,1-3H3,(H2,20,21,22). The first-order valence-electron chi connectivity index (χ1n) is 9.77. The second-order valence-electron chi connectivity index (χ2n) is 8.06. The summed E-state index contributed by atoms with van der Waals surface area (Å²) >= 11 is 0. The van der Waals surface area contributed by atoms with Crippen molar-refractivity contribution in [3.63, 3.8) is 0 Å². The average molecular weight is 361 g/mol. The summed E-state index contributed by atoms with van der Waals surface area (Å²) < 4.78 is 0. The van der Waals surface area contributed by atoms with Crippen molar-refractivity contribution < 1.29 is 4.79 Å². The molecule has 1 aromatic heterocycles. The summed E-state index contributed by atoms with van der Waals surface area (Å²) in [5.74, 6) is 0.633. The van der Waals surface area contributed by atoms with Gasteiger partial charge in [-0.25, -0.2) is 9.97 Å². The van der Waals surface area contributed by atoms with Crippen molar-refractivity contribution in [3.8, 4) is 0 Å². The second-order valence-corrected chi connectivity index (χ2v) is 8.06. The first-order valence-corrected chi connectivity index (χ1v) is 9.77. The third-order valence-electron chi connectivity index (χ3n) is 5.44. The number of nitrogen functional groups attached to an aromatic ring is 1. The van der Waals surface area contributed by atoms with Crippen LogP contribution in [-0.4, -0.2) is 82.9 Å². The van der Waals surface area contributed by atoms with Crippen LogP contribution in [-0.2, 0) is 6.42 Å². The largest absolute Gasteiger partial charge is 0.368 e. The lowest BCUT2D eigenvalue weighted by molar-refractivity contribution is 0.0470. The van der Waals surface area contributed by atoms with Gasteiger partial charge in [0.2, 0.25) is 5.95 Å². The van der Waals surface area contributed by atoms with Crippen LogP contribution in [0.2, 0.25) is 0 Å². The smallest absolute Gasteiger partial charge is 0.272 e. The van der Waals surface area contributed by atoms with E-state index in [0.717, 1.165) is 38.3 Å². The Hall–Kier alpha value is -1.73. The molecule has 2 aliphatic heterocycles. The lowest BCUT2D eigenvalue weighted by atomic mass is 10.0. The Balaban J connectivity index is 1.59. The number of nitrogens with zero attached hydrogens (tertiary/aromatic N) is 5. The lowest BCUT2D eigenvalue weighted by Gasteiger charge is -2.42. The van der Waals surface area contributed by atoms with Crippen molar-refractivity contribution in [1.82, 2.24) is 24.7 Å². The molecule has 7 nitrogen and oxygen atoms in total. The van der Waals surface area contributed by atoms with Crippen LogP contribution in [0.3, 0.4) is 0 Å². The number of nitrogens with two attached hydrogens (primary N) is 1. The van der Waals surface area contributed by atoms with E-state index in [2.05, 4.69) is 40.7 Å². The van der Waals surface area contributed by atoms with Gasteiger partial charge in [-0.1, -0.05) is 13.8 Å². The number of piperazine rings is 1. The Labute approximate surface area is 156 Å². The Bertz CT molecular complexity index is 618. The van der Waals surface area contributed by atoms with Gasteiger partial charge in [0, 0.05) is 37.9 Å². The summed E-state index contributed by atoms with van der Waals surface area (Å²) in [5.41, 5.74) is 7.11. The molecule has 2 fully saturated rings. The number of hydrogen-bond donors (Lipinski definition) is 1. The number of aromatic nitrogens is 2. The molecule has 3 heterocycles. The second kappa shape index (κ2) is 8.31. The molecule has 0 aromatic carbocycles. The van der Waals surface area contributed by atoms with Crippen molar-refractivity contribution in [3.05, 3.63) is 17.5 Å². The minimum absolute atomic E-state index is 0.0212. The van der Waals surface area contributed by atoms with E-state index in [1.54, 1.807) is 0 Å². The molecule has 0 aliphatic carbocycles. The van der Waals surface area contributed by atoms with Crippen molar-refractivity contribution in [2.24, 2.45) is 5.92 Å². The molecule has 0 unspecified atom stereocenters. The van der Waals surface area contributed by atoms with Gasteiger partial charge in [0.05, 0.1) is 0 Å². The first kappa shape index (κ1) is 19.0. The molecule has 0 radical (unpaired) electrons. The molecule has 2 aliphatic rings. The van der Waals surface area contributed by atoms with E-state index in [9.17, 15) is 4.79 Å². The highest BCUT2D eigenvalue weighted by atomic mass is 16.2. The number of carbonyl (C=O) groups excluding carboxylic acids is 1. The van der Waals surface area contributed by atoms with Crippen LogP contribution in [0, 0.1) is 5.92 Å². The van der Waals surface area contributed by atoms with E-state index >= 15 is 0 Å². The molecular formula is C19H32N6O. The zero-order chi connectivity index (χ0) is 18.7. The van der Waals surface area contributed by atoms with Crippen LogP contribution < -0.4 is 5.73 Å². The van der Waals surface area contributed by atoms with Gasteiger partial charge in [0.1, 0.15) is 5.69 Å². The van der Waals surface area contributed by atoms with E-state index in [1.165, 1.54) is 25.9 Å². The number of hydrogen-bond acceptors (Lipinski definition) is 6. The maximum absolute atomic E-state index is 12.9. The predicted octanol–water partition coefficient (Wildman–Crippen LogP) is 1.11. The number of amides is 1. The highest BCUT2D eigenvalue weighted by Crippen LogP contribution is 2.18. The SMILES string of the molecule is CC(C)Cc1cc(C(=O)N2CCN(C3CCN(C)CC3)CC2)nc(N)n1. The lowest BCUT2D eigenvalue weighted by Crippen LogP contribution is -2.54. The van der Waals surface area contributed by atoms with Crippen LogP contribution in [0.4, 0.5) is 5.95 Å². The molecule has 26 heavy (non-hydrogen) atoms. The van der Waals surface area contributed by atoms with Crippen LogP contribution in [0.1, 0.15) is 42.9 Å². The van der Waals surface area contributed by atoms with Crippen LogP contribution in [0.15, 0.2) is 6.07 Å². The zero-order valence-corrected chi connectivity index (χ0v) is 16.3. The van der Waals surface area contributed by atoms with Gasteiger partial charge >= 0.3 is 0 Å². The molecule has 7 heteroatoms. The van der Waals surface area contributed by atoms with Crippen LogP contribution in [0.5, 0.6) is 0 Å². The highest BCUT2D eigenvalue weighted by Gasteiger charge is 2.29. The monoisotopic (exact) mass is 360 g/mol. The van der Waals surface area contributed by atoms with E-state index in [1.807, 2.05) is 11.0 Å². The topological polar surface area (TPSA) is 78.6 Å². The molecule has 1 amide bonds. The summed E-state index contributed by atoms with van der Waals surface area (Å²) in [6.07, 6.45) is 3.26. The fourth-order valence-electron chi connectivity index (χ4n) is 3.96. The number of carbonyl (C=O) groups is 1. The molecule has 144 valence electrons. The minimum atomic E-state index is -0.0212. The molecule has 0 bridgehead atoms. The normalized spacial score (nSPS) is 20.7. The third kappa shape index (κ3) is 4.71. The van der Waals surface area contributed by atoms with Gasteiger partial charge in [-0.2, -0.15) is 0 Å². The molecule has 1 aromatic rings. The van der Waals surface area contributed by atoms with E-state index in [0.29, 0.717) is 17.7 Å². The van der Waals surface area contributed by atoms with Gasteiger partial charge in [-0.3, -0.25) is 9.69 Å². The van der Waals surface area contributed by atoms with Crippen molar-refractivity contribution in [2.75, 3.05) is 52.0 Å². The minimum Gasteiger partial charge on any atom is -0.368 e. The van der Waals surface area contributed by atoms with Crippen LogP contribution >= 0.6 is 0 Å². The molecule has 0 saturated carbocycles.